The number of likely N-dealkylation sites (N-methyl/N-ethyl adjacent to an activating group) is 1. The second-order valence-electron chi connectivity index (χ2n) is 6.40. The first-order valence-electron chi connectivity index (χ1n) is 8.89. The van der Waals surface area contributed by atoms with Crippen LogP contribution >= 0.6 is 11.8 Å². The molecule has 2 aromatic carbocycles. The number of benzene rings is 2. The first kappa shape index (κ1) is 23.6. The van der Waals surface area contributed by atoms with Crippen LogP contribution in [0.4, 0.5) is 24.5 Å². The molecule has 0 aliphatic heterocycles. The number of carbonyl (C=O) groups is 2. The monoisotopic (exact) mass is 441 g/mol. The first-order chi connectivity index (χ1) is 14.1. The number of amides is 2. The van der Waals surface area contributed by atoms with Crippen molar-refractivity contribution in [3.8, 4) is 5.75 Å². The molecule has 0 radical (unpaired) electrons. The molecule has 0 saturated heterocycles. The minimum absolute atomic E-state index is 0.0182. The van der Waals surface area contributed by atoms with Gasteiger partial charge in [0, 0.05) is 10.6 Å². The predicted octanol–water partition coefficient (Wildman–Crippen LogP) is 4.20. The van der Waals surface area contributed by atoms with Crippen LogP contribution in [0.2, 0.25) is 0 Å². The maximum atomic E-state index is 12.4. The molecule has 2 aromatic rings. The van der Waals surface area contributed by atoms with Crippen molar-refractivity contribution in [3.63, 3.8) is 0 Å². The number of nitrogens with one attached hydrogen (secondary N) is 2. The number of para-hydroxylation sites is 1. The van der Waals surface area contributed by atoms with Gasteiger partial charge in [0.1, 0.15) is 5.75 Å². The molecule has 2 amide bonds. The molecule has 1 atom stereocenters. The standard InChI is InChI=1S/C20H22F3N3O3S/c1-13(19(28)24-14-8-10-15(11-9-14)29-20(21,22)23)26(2)12-18(27)25-16-6-4-5-7-17(16)30-3/h4-11,13H,12H2,1-3H3,(H,24,28)(H,25,27). The second-order valence-corrected chi connectivity index (χ2v) is 7.25. The molecule has 0 aromatic heterocycles. The number of carbonyl (C=O) groups excluding carboxylic acids is 2. The molecule has 30 heavy (non-hydrogen) atoms. The van der Waals surface area contributed by atoms with Gasteiger partial charge in [-0.05, 0) is 56.6 Å². The van der Waals surface area contributed by atoms with Crippen molar-refractivity contribution in [2.45, 2.75) is 24.2 Å². The highest BCUT2D eigenvalue weighted by molar-refractivity contribution is 7.98. The van der Waals surface area contributed by atoms with E-state index in [1.54, 1.807) is 24.9 Å². The summed E-state index contributed by atoms with van der Waals surface area (Å²) < 4.78 is 40.4. The zero-order valence-corrected chi connectivity index (χ0v) is 17.4. The summed E-state index contributed by atoms with van der Waals surface area (Å²) in [5, 5.41) is 5.42. The molecule has 2 rings (SSSR count). The van der Waals surface area contributed by atoms with Crippen LogP contribution in [0.15, 0.2) is 53.4 Å². The number of nitrogens with zero attached hydrogens (tertiary/aromatic N) is 1. The van der Waals surface area contributed by atoms with Gasteiger partial charge >= 0.3 is 6.36 Å². The number of alkyl halides is 3. The Morgan fingerprint density at radius 1 is 1.10 bits per heavy atom. The van der Waals surface area contributed by atoms with E-state index in [2.05, 4.69) is 15.4 Å². The van der Waals surface area contributed by atoms with Gasteiger partial charge in [0.05, 0.1) is 18.3 Å². The molecule has 0 fully saturated rings. The molecule has 6 nitrogen and oxygen atoms in total. The van der Waals surface area contributed by atoms with Gasteiger partial charge in [-0.15, -0.1) is 24.9 Å². The van der Waals surface area contributed by atoms with Gasteiger partial charge in [0.25, 0.3) is 0 Å². The number of hydrogen-bond acceptors (Lipinski definition) is 5. The van der Waals surface area contributed by atoms with Crippen LogP contribution in [0.1, 0.15) is 6.92 Å². The molecule has 1 unspecified atom stereocenters. The normalized spacial score (nSPS) is 12.4. The third-order valence-corrected chi connectivity index (χ3v) is 4.97. The van der Waals surface area contributed by atoms with E-state index >= 15 is 0 Å². The molecule has 0 heterocycles. The fourth-order valence-electron chi connectivity index (χ4n) is 2.49. The predicted molar refractivity (Wildman–Crippen MR) is 111 cm³/mol. The number of anilines is 2. The second kappa shape index (κ2) is 10.4. The lowest BCUT2D eigenvalue weighted by Crippen LogP contribution is -2.43. The molecule has 2 N–H and O–H groups in total. The van der Waals surface area contributed by atoms with E-state index in [4.69, 9.17) is 0 Å². The lowest BCUT2D eigenvalue weighted by molar-refractivity contribution is -0.274. The van der Waals surface area contributed by atoms with Crippen LogP contribution in [-0.4, -0.2) is 49.0 Å². The summed E-state index contributed by atoms with van der Waals surface area (Å²) in [6, 6.07) is 11.6. The summed E-state index contributed by atoms with van der Waals surface area (Å²) in [5.74, 6) is -1.06. The number of halogens is 3. The zero-order valence-electron chi connectivity index (χ0n) is 16.6. The van der Waals surface area contributed by atoms with Crippen LogP contribution in [0.3, 0.4) is 0 Å². The molecule has 0 aliphatic rings. The van der Waals surface area contributed by atoms with Crippen LogP contribution in [0.5, 0.6) is 5.75 Å². The fraction of sp³-hybridized carbons (Fsp3) is 0.300. The Kier molecular flexibility index (Phi) is 8.13. The Morgan fingerprint density at radius 3 is 2.33 bits per heavy atom. The highest BCUT2D eigenvalue weighted by atomic mass is 32.2. The molecule has 0 spiro atoms. The third kappa shape index (κ3) is 7.27. The molecule has 0 bridgehead atoms. The Bertz CT molecular complexity index is 876. The van der Waals surface area contributed by atoms with Gasteiger partial charge in [-0.1, -0.05) is 12.1 Å². The van der Waals surface area contributed by atoms with E-state index in [0.29, 0.717) is 11.4 Å². The maximum absolute atomic E-state index is 12.4. The summed E-state index contributed by atoms with van der Waals surface area (Å²) in [4.78, 5) is 27.2. The minimum Gasteiger partial charge on any atom is -0.406 e. The average molecular weight is 441 g/mol. The molecule has 0 aliphatic carbocycles. The van der Waals surface area contributed by atoms with Gasteiger partial charge in [-0.3, -0.25) is 14.5 Å². The van der Waals surface area contributed by atoms with Crippen LogP contribution in [0.25, 0.3) is 0 Å². The summed E-state index contributed by atoms with van der Waals surface area (Å²) in [7, 11) is 1.63. The van der Waals surface area contributed by atoms with Gasteiger partial charge in [-0.25, -0.2) is 0 Å². The number of ether oxygens (including phenoxy) is 1. The summed E-state index contributed by atoms with van der Waals surface area (Å²) in [6.45, 7) is 1.61. The van der Waals surface area contributed by atoms with Crippen molar-refractivity contribution in [3.05, 3.63) is 48.5 Å². The topological polar surface area (TPSA) is 70.7 Å². The SMILES string of the molecule is CSc1ccccc1NC(=O)CN(C)C(C)C(=O)Nc1ccc(OC(F)(F)F)cc1. The molecular formula is C20H22F3N3O3S. The summed E-state index contributed by atoms with van der Waals surface area (Å²) in [6.07, 6.45) is -2.87. The van der Waals surface area contributed by atoms with Crippen molar-refractivity contribution in [2.75, 3.05) is 30.5 Å². The van der Waals surface area contributed by atoms with Gasteiger partial charge in [0.2, 0.25) is 11.8 Å². The molecule has 10 heteroatoms. The van der Waals surface area contributed by atoms with Crippen LogP contribution in [0, 0.1) is 0 Å². The molecule has 162 valence electrons. The van der Waals surface area contributed by atoms with Crippen LogP contribution < -0.4 is 15.4 Å². The minimum atomic E-state index is -4.78. The smallest absolute Gasteiger partial charge is 0.406 e. The Hall–Kier alpha value is -2.72. The lowest BCUT2D eigenvalue weighted by Gasteiger charge is -2.23. The zero-order chi connectivity index (χ0) is 22.3. The first-order valence-corrected chi connectivity index (χ1v) is 10.1. The number of rotatable bonds is 8. The maximum Gasteiger partial charge on any atom is 0.573 e. The number of thioether (sulfide) groups is 1. The summed E-state index contributed by atoms with van der Waals surface area (Å²) >= 11 is 1.51. The Balaban J connectivity index is 1.89. The highest BCUT2D eigenvalue weighted by Crippen LogP contribution is 2.25. The lowest BCUT2D eigenvalue weighted by atomic mass is 10.2. The quantitative estimate of drug-likeness (QED) is 0.601. The van der Waals surface area contributed by atoms with E-state index in [0.717, 1.165) is 17.0 Å². The van der Waals surface area contributed by atoms with Gasteiger partial charge in [-0.2, -0.15) is 0 Å². The largest absolute Gasteiger partial charge is 0.573 e. The molecule has 0 saturated carbocycles. The average Bonchev–Trinajstić information content (AvgIpc) is 2.68. The number of hydrogen-bond donors (Lipinski definition) is 2. The Labute approximate surface area is 176 Å². The van der Waals surface area contributed by atoms with Crippen molar-refractivity contribution in [2.24, 2.45) is 0 Å². The van der Waals surface area contributed by atoms with E-state index in [9.17, 15) is 22.8 Å². The highest BCUT2D eigenvalue weighted by Gasteiger charge is 2.31. The van der Waals surface area contributed by atoms with E-state index < -0.39 is 18.3 Å². The summed E-state index contributed by atoms with van der Waals surface area (Å²) in [5.41, 5.74) is 1.01. The molecular weight excluding hydrogens is 419 g/mol. The van der Waals surface area contributed by atoms with E-state index in [-0.39, 0.29) is 18.2 Å². The van der Waals surface area contributed by atoms with E-state index in [1.165, 1.54) is 23.9 Å². The van der Waals surface area contributed by atoms with Gasteiger partial charge in [0.15, 0.2) is 0 Å². The Morgan fingerprint density at radius 2 is 1.73 bits per heavy atom. The van der Waals surface area contributed by atoms with Crippen molar-refractivity contribution in [1.82, 2.24) is 4.90 Å². The van der Waals surface area contributed by atoms with Crippen LogP contribution in [-0.2, 0) is 9.59 Å². The fourth-order valence-corrected chi connectivity index (χ4v) is 3.04. The van der Waals surface area contributed by atoms with E-state index in [1.807, 2.05) is 24.5 Å². The van der Waals surface area contributed by atoms with Gasteiger partial charge < -0.3 is 15.4 Å². The third-order valence-electron chi connectivity index (χ3n) is 4.17. The van der Waals surface area contributed by atoms with Crippen molar-refractivity contribution in [1.29, 1.82) is 0 Å². The van der Waals surface area contributed by atoms with Crippen molar-refractivity contribution >= 4 is 35.0 Å². The van der Waals surface area contributed by atoms with Crippen molar-refractivity contribution < 1.29 is 27.5 Å².